The van der Waals surface area contributed by atoms with E-state index in [4.69, 9.17) is 9.47 Å². The van der Waals surface area contributed by atoms with Crippen LogP contribution in [0.15, 0.2) is 0 Å². The molecule has 0 aromatic carbocycles. The van der Waals surface area contributed by atoms with Gasteiger partial charge in [0.15, 0.2) is 6.29 Å². The molecular weight excluding hydrogens is 204 g/mol. The molecule has 1 heterocycles. The van der Waals surface area contributed by atoms with Crippen LogP contribution in [0.4, 0.5) is 0 Å². The quantitative estimate of drug-likeness (QED) is 0.802. The Kier molecular flexibility index (Phi) is 4.62. The molecule has 0 spiro atoms. The molecule has 1 aliphatic heterocycles. The number of aliphatic hydroxyl groups excluding tert-OH is 1. The molecule has 2 rings (SSSR count). The minimum absolute atomic E-state index is 0.156. The SMILES string of the molecule is CCC1CCCC(C(O)CC2OCCO2)C1. The van der Waals surface area contributed by atoms with Crippen LogP contribution in [0.5, 0.6) is 0 Å². The predicted molar refractivity (Wildman–Crippen MR) is 62.1 cm³/mol. The van der Waals surface area contributed by atoms with Crippen molar-refractivity contribution in [1.82, 2.24) is 0 Å². The number of hydrogen-bond acceptors (Lipinski definition) is 3. The van der Waals surface area contributed by atoms with Gasteiger partial charge in [0.1, 0.15) is 0 Å². The third-order valence-electron chi connectivity index (χ3n) is 4.07. The summed E-state index contributed by atoms with van der Waals surface area (Å²) in [4.78, 5) is 0. The largest absolute Gasteiger partial charge is 0.393 e. The summed E-state index contributed by atoms with van der Waals surface area (Å²) in [5, 5.41) is 10.2. The molecule has 0 aromatic rings. The van der Waals surface area contributed by atoms with Gasteiger partial charge in [0, 0.05) is 6.42 Å². The molecule has 16 heavy (non-hydrogen) atoms. The minimum atomic E-state index is -0.238. The van der Waals surface area contributed by atoms with Crippen molar-refractivity contribution in [3.8, 4) is 0 Å². The smallest absolute Gasteiger partial charge is 0.160 e. The zero-order valence-electron chi connectivity index (χ0n) is 10.2. The van der Waals surface area contributed by atoms with Gasteiger partial charge in [-0.05, 0) is 24.7 Å². The van der Waals surface area contributed by atoms with Gasteiger partial charge in [0.2, 0.25) is 0 Å². The Balaban J connectivity index is 1.76. The van der Waals surface area contributed by atoms with Crippen molar-refractivity contribution in [1.29, 1.82) is 0 Å². The monoisotopic (exact) mass is 228 g/mol. The highest BCUT2D eigenvalue weighted by atomic mass is 16.7. The molecule has 1 saturated heterocycles. The van der Waals surface area contributed by atoms with Crippen LogP contribution in [0, 0.1) is 11.8 Å². The van der Waals surface area contributed by atoms with Crippen LogP contribution in [0.2, 0.25) is 0 Å². The van der Waals surface area contributed by atoms with Gasteiger partial charge in [-0.2, -0.15) is 0 Å². The standard InChI is InChI=1S/C13H24O3/c1-2-10-4-3-5-11(8-10)12(14)9-13-15-6-7-16-13/h10-14H,2-9H2,1H3. The molecule has 2 fully saturated rings. The van der Waals surface area contributed by atoms with E-state index < -0.39 is 0 Å². The van der Waals surface area contributed by atoms with E-state index in [0.717, 1.165) is 5.92 Å². The second-order valence-corrected chi connectivity index (χ2v) is 5.18. The summed E-state index contributed by atoms with van der Waals surface area (Å²) in [6.07, 6.45) is 6.48. The molecule has 1 N–H and O–H groups in total. The van der Waals surface area contributed by atoms with Crippen LogP contribution in [0.1, 0.15) is 45.4 Å². The topological polar surface area (TPSA) is 38.7 Å². The third-order valence-corrected chi connectivity index (χ3v) is 4.07. The number of ether oxygens (including phenoxy) is 2. The Bertz CT molecular complexity index is 201. The Hall–Kier alpha value is -0.120. The molecule has 94 valence electrons. The second-order valence-electron chi connectivity index (χ2n) is 5.18. The fourth-order valence-electron chi connectivity index (χ4n) is 2.99. The average molecular weight is 228 g/mol. The van der Waals surface area contributed by atoms with Crippen LogP contribution < -0.4 is 0 Å². The minimum Gasteiger partial charge on any atom is -0.393 e. The Labute approximate surface area is 98.1 Å². The first-order valence-electron chi connectivity index (χ1n) is 6.71. The van der Waals surface area contributed by atoms with Gasteiger partial charge in [-0.3, -0.25) is 0 Å². The van der Waals surface area contributed by atoms with Crippen LogP contribution in [-0.2, 0) is 9.47 Å². The van der Waals surface area contributed by atoms with Gasteiger partial charge in [-0.1, -0.05) is 26.2 Å². The van der Waals surface area contributed by atoms with E-state index in [-0.39, 0.29) is 12.4 Å². The molecule has 2 aliphatic rings. The maximum absolute atomic E-state index is 10.2. The molecule has 0 bridgehead atoms. The van der Waals surface area contributed by atoms with Crippen LogP contribution in [0.3, 0.4) is 0 Å². The fourth-order valence-corrected chi connectivity index (χ4v) is 2.99. The van der Waals surface area contributed by atoms with E-state index >= 15 is 0 Å². The second kappa shape index (κ2) is 5.99. The first kappa shape index (κ1) is 12.3. The summed E-state index contributed by atoms with van der Waals surface area (Å²) in [7, 11) is 0. The Morgan fingerprint density at radius 2 is 2.00 bits per heavy atom. The molecule has 3 nitrogen and oxygen atoms in total. The van der Waals surface area contributed by atoms with E-state index in [9.17, 15) is 5.11 Å². The van der Waals surface area contributed by atoms with Gasteiger partial charge in [0.25, 0.3) is 0 Å². The van der Waals surface area contributed by atoms with E-state index in [2.05, 4.69) is 6.92 Å². The maximum atomic E-state index is 10.2. The van der Waals surface area contributed by atoms with E-state index in [1.165, 1.54) is 32.1 Å². The molecule has 1 saturated carbocycles. The van der Waals surface area contributed by atoms with Gasteiger partial charge in [-0.25, -0.2) is 0 Å². The van der Waals surface area contributed by atoms with Crippen molar-refractivity contribution in [2.45, 2.75) is 57.8 Å². The molecule has 1 aliphatic carbocycles. The van der Waals surface area contributed by atoms with Gasteiger partial charge >= 0.3 is 0 Å². The summed E-state index contributed by atoms with van der Waals surface area (Å²) in [6.45, 7) is 3.61. The van der Waals surface area contributed by atoms with Crippen molar-refractivity contribution < 1.29 is 14.6 Å². The molecular formula is C13H24O3. The average Bonchev–Trinajstić information content (AvgIpc) is 2.82. The molecule has 0 aromatic heterocycles. The van der Waals surface area contributed by atoms with Crippen molar-refractivity contribution in [2.75, 3.05) is 13.2 Å². The lowest BCUT2D eigenvalue weighted by Crippen LogP contribution is -2.30. The highest BCUT2D eigenvalue weighted by molar-refractivity contribution is 4.78. The summed E-state index contributed by atoms with van der Waals surface area (Å²) >= 11 is 0. The highest BCUT2D eigenvalue weighted by Gasteiger charge is 2.29. The molecule has 3 unspecified atom stereocenters. The van der Waals surface area contributed by atoms with Gasteiger partial charge in [0.05, 0.1) is 19.3 Å². The fraction of sp³-hybridized carbons (Fsp3) is 1.00. The van der Waals surface area contributed by atoms with Crippen molar-refractivity contribution in [3.05, 3.63) is 0 Å². The Morgan fingerprint density at radius 3 is 2.69 bits per heavy atom. The summed E-state index contributed by atoms with van der Waals surface area (Å²) in [5.41, 5.74) is 0. The number of hydrogen-bond donors (Lipinski definition) is 1. The van der Waals surface area contributed by atoms with Crippen LogP contribution in [0.25, 0.3) is 0 Å². The summed E-state index contributed by atoms with van der Waals surface area (Å²) in [6, 6.07) is 0. The normalized spacial score (nSPS) is 34.1. The van der Waals surface area contributed by atoms with E-state index in [0.29, 0.717) is 25.6 Å². The van der Waals surface area contributed by atoms with Gasteiger partial charge in [-0.15, -0.1) is 0 Å². The first-order valence-corrected chi connectivity index (χ1v) is 6.71. The first-order chi connectivity index (χ1) is 7.79. The molecule has 3 atom stereocenters. The lowest BCUT2D eigenvalue weighted by atomic mass is 9.77. The van der Waals surface area contributed by atoms with E-state index in [1.807, 2.05) is 0 Å². The van der Waals surface area contributed by atoms with Crippen molar-refractivity contribution >= 4 is 0 Å². The van der Waals surface area contributed by atoms with Crippen molar-refractivity contribution in [2.24, 2.45) is 11.8 Å². The number of rotatable bonds is 4. The zero-order chi connectivity index (χ0) is 11.4. The van der Waals surface area contributed by atoms with Crippen LogP contribution >= 0.6 is 0 Å². The summed E-state index contributed by atoms with van der Waals surface area (Å²) in [5.74, 6) is 1.28. The van der Waals surface area contributed by atoms with E-state index in [1.54, 1.807) is 0 Å². The lowest BCUT2D eigenvalue weighted by Gasteiger charge is -2.32. The third kappa shape index (κ3) is 3.19. The lowest BCUT2D eigenvalue weighted by molar-refractivity contribution is -0.0833. The zero-order valence-corrected chi connectivity index (χ0v) is 10.2. The van der Waals surface area contributed by atoms with Crippen molar-refractivity contribution in [3.63, 3.8) is 0 Å². The Morgan fingerprint density at radius 1 is 1.25 bits per heavy atom. The predicted octanol–water partition coefficient (Wildman–Crippen LogP) is 2.33. The molecule has 0 amide bonds. The number of aliphatic hydroxyl groups is 1. The molecule has 3 heteroatoms. The van der Waals surface area contributed by atoms with Gasteiger partial charge < -0.3 is 14.6 Å². The summed E-state index contributed by atoms with van der Waals surface area (Å²) < 4.78 is 10.8. The molecule has 0 radical (unpaired) electrons. The van der Waals surface area contributed by atoms with Crippen LogP contribution in [-0.4, -0.2) is 30.7 Å². The maximum Gasteiger partial charge on any atom is 0.160 e. The highest BCUT2D eigenvalue weighted by Crippen LogP contribution is 2.34.